The Bertz CT molecular complexity index is 633. The number of rotatable bonds is 2. The highest BCUT2D eigenvalue weighted by Crippen LogP contribution is 2.24. The van der Waals surface area contributed by atoms with E-state index in [-0.39, 0.29) is 0 Å². The lowest BCUT2D eigenvalue weighted by atomic mass is 10.2. The number of ether oxygens (including phenoxy) is 2. The highest BCUT2D eigenvalue weighted by molar-refractivity contribution is 6.15. The topological polar surface area (TPSA) is 64.6 Å². The number of hydrogen-bond donors (Lipinski definition) is 1. The van der Waals surface area contributed by atoms with E-state index in [0.717, 1.165) is 6.20 Å². The first-order chi connectivity index (χ1) is 9.69. The molecule has 0 aromatic heterocycles. The zero-order chi connectivity index (χ0) is 15.8. The summed E-state index contributed by atoms with van der Waals surface area (Å²) in [5, 5.41) is 2.13. The molecule has 112 valence electrons. The van der Waals surface area contributed by atoms with Crippen molar-refractivity contribution in [3.63, 3.8) is 0 Å². The van der Waals surface area contributed by atoms with Crippen LogP contribution in [0.1, 0.15) is 13.8 Å². The van der Waals surface area contributed by atoms with Crippen molar-refractivity contribution in [2.24, 2.45) is 0 Å². The fourth-order valence-corrected chi connectivity index (χ4v) is 1.59. The number of hydrogen-bond acceptors (Lipinski definition) is 5. The molecule has 21 heavy (non-hydrogen) atoms. The number of carbonyl (C=O) groups is 2. The first kappa shape index (κ1) is 14.9. The Hall–Kier alpha value is -2.51. The van der Waals surface area contributed by atoms with E-state index in [0.29, 0.717) is 12.1 Å². The van der Waals surface area contributed by atoms with E-state index in [2.05, 4.69) is 5.32 Å². The van der Waals surface area contributed by atoms with Gasteiger partial charge in [0.2, 0.25) is 0 Å². The van der Waals surface area contributed by atoms with Crippen molar-refractivity contribution in [2.45, 2.75) is 19.6 Å². The molecular weight excluding hydrogens is 291 g/mol. The van der Waals surface area contributed by atoms with Gasteiger partial charge >= 0.3 is 11.9 Å². The largest absolute Gasteiger partial charge is 0.419 e. The van der Waals surface area contributed by atoms with Crippen LogP contribution >= 0.6 is 0 Å². The summed E-state index contributed by atoms with van der Waals surface area (Å²) in [5.41, 5.74) is -1.14. The second kappa shape index (κ2) is 5.12. The first-order valence-corrected chi connectivity index (χ1v) is 5.77. The molecule has 1 N–H and O–H groups in total. The molecule has 0 aliphatic carbocycles. The van der Waals surface area contributed by atoms with Crippen molar-refractivity contribution in [3.05, 3.63) is 41.4 Å². The number of esters is 2. The van der Waals surface area contributed by atoms with Crippen molar-refractivity contribution in [3.8, 4) is 0 Å². The molecule has 1 aromatic carbocycles. The van der Waals surface area contributed by atoms with Gasteiger partial charge in [-0.15, -0.1) is 0 Å². The van der Waals surface area contributed by atoms with Crippen molar-refractivity contribution in [2.75, 3.05) is 5.32 Å². The number of benzene rings is 1. The highest BCUT2D eigenvalue weighted by Gasteiger charge is 2.39. The molecule has 0 spiro atoms. The van der Waals surface area contributed by atoms with Gasteiger partial charge in [0, 0.05) is 32.2 Å². The average Bonchev–Trinajstić information content (AvgIpc) is 2.32. The molecule has 0 radical (unpaired) electrons. The van der Waals surface area contributed by atoms with Gasteiger partial charge < -0.3 is 14.8 Å². The Morgan fingerprint density at radius 1 is 1.10 bits per heavy atom. The number of halogens is 3. The maximum Gasteiger partial charge on any atom is 0.350 e. The summed E-state index contributed by atoms with van der Waals surface area (Å²) in [6.45, 7) is 2.71. The molecule has 1 heterocycles. The third-order valence-corrected chi connectivity index (χ3v) is 2.48. The number of cyclic esters (lactones) is 2. The third kappa shape index (κ3) is 3.15. The van der Waals surface area contributed by atoms with Crippen LogP contribution in [0.15, 0.2) is 23.9 Å². The lowest BCUT2D eigenvalue weighted by molar-refractivity contribution is -0.222. The molecule has 1 fully saturated rings. The van der Waals surface area contributed by atoms with Crippen molar-refractivity contribution < 1.29 is 32.2 Å². The SMILES string of the molecule is CC1(C)OC(=O)C(=CNc2cc(F)cc(F)c2F)C(=O)O1. The number of anilines is 1. The lowest BCUT2D eigenvalue weighted by Crippen LogP contribution is -2.42. The second-order valence-corrected chi connectivity index (χ2v) is 4.63. The van der Waals surface area contributed by atoms with Crippen LogP contribution in [0.2, 0.25) is 0 Å². The fourth-order valence-electron chi connectivity index (χ4n) is 1.59. The molecular formula is C13H10F3NO4. The first-order valence-electron chi connectivity index (χ1n) is 5.77. The fraction of sp³-hybridized carbons (Fsp3) is 0.231. The molecule has 1 aliphatic rings. The maximum atomic E-state index is 13.4. The van der Waals surface area contributed by atoms with Crippen molar-refractivity contribution in [1.82, 2.24) is 0 Å². The van der Waals surface area contributed by atoms with Gasteiger partial charge in [0.15, 0.2) is 17.2 Å². The predicted molar refractivity (Wildman–Crippen MR) is 64.3 cm³/mol. The normalized spacial score (nSPS) is 17.1. The zero-order valence-electron chi connectivity index (χ0n) is 11.0. The van der Waals surface area contributed by atoms with Crippen LogP contribution in [-0.4, -0.2) is 17.7 Å². The third-order valence-electron chi connectivity index (χ3n) is 2.48. The van der Waals surface area contributed by atoms with Gasteiger partial charge in [0.05, 0.1) is 5.69 Å². The molecule has 1 saturated heterocycles. The molecule has 1 aliphatic heterocycles. The minimum atomic E-state index is -1.41. The van der Waals surface area contributed by atoms with Gasteiger partial charge in [-0.2, -0.15) is 0 Å². The van der Waals surface area contributed by atoms with Gasteiger partial charge in [-0.1, -0.05) is 0 Å². The summed E-state index contributed by atoms with van der Waals surface area (Å²) in [5.74, 6) is -7.20. The summed E-state index contributed by atoms with van der Waals surface area (Å²) in [6.07, 6.45) is 0.761. The smallest absolute Gasteiger partial charge is 0.350 e. The van der Waals surface area contributed by atoms with E-state index in [9.17, 15) is 22.8 Å². The molecule has 0 unspecified atom stereocenters. The predicted octanol–water partition coefficient (Wildman–Crippen LogP) is 2.24. The quantitative estimate of drug-likeness (QED) is 0.393. The molecule has 1 aromatic rings. The summed E-state index contributed by atoms with van der Waals surface area (Å²) < 4.78 is 48.9. The van der Waals surface area contributed by atoms with Crippen LogP contribution < -0.4 is 5.32 Å². The maximum absolute atomic E-state index is 13.4. The summed E-state index contributed by atoms with van der Waals surface area (Å²) >= 11 is 0. The van der Waals surface area contributed by atoms with Gasteiger partial charge in [-0.3, -0.25) is 0 Å². The van der Waals surface area contributed by atoms with Gasteiger partial charge in [-0.25, -0.2) is 22.8 Å². The monoisotopic (exact) mass is 301 g/mol. The van der Waals surface area contributed by atoms with Gasteiger partial charge in [0.1, 0.15) is 5.82 Å². The van der Waals surface area contributed by atoms with E-state index < -0.39 is 46.4 Å². The molecule has 0 atom stereocenters. The Kier molecular flexibility index (Phi) is 3.63. The lowest BCUT2D eigenvalue weighted by Gasteiger charge is -2.29. The van der Waals surface area contributed by atoms with Crippen LogP contribution in [-0.2, 0) is 19.1 Å². The Labute approximate surface area is 117 Å². The Balaban J connectivity index is 2.26. The summed E-state index contributed by atoms with van der Waals surface area (Å²) in [6, 6.07) is 1.03. The van der Waals surface area contributed by atoms with Crippen molar-refractivity contribution >= 4 is 17.6 Å². The van der Waals surface area contributed by atoms with Crippen LogP contribution in [0.3, 0.4) is 0 Å². The van der Waals surface area contributed by atoms with Gasteiger partial charge in [-0.05, 0) is 0 Å². The highest BCUT2D eigenvalue weighted by atomic mass is 19.2. The summed E-state index contributed by atoms with van der Waals surface area (Å²) in [7, 11) is 0. The Morgan fingerprint density at radius 2 is 1.67 bits per heavy atom. The molecule has 2 rings (SSSR count). The average molecular weight is 301 g/mol. The zero-order valence-corrected chi connectivity index (χ0v) is 11.0. The number of carbonyl (C=O) groups excluding carboxylic acids is 2. The molecule has 0 saturated carbocycles. The van der Waals surface area contributed by atoms with E-state index in [1.54, 1.807) is 0 Å². The van der Waals surface area contributed by atoms with E-state index in [1.807, 2.05) is 0 Å². The van der Waals surface area contributed by atoms with Gasteiger partial charge in [0.25, 0.3) is 5.79 Å². The van der Waals surface area contributed by atoms with Crippen LogP contribution in [0.4, 0.5) is 18.9 Å². The minimum absolute atomic E-state index is 0.360. The van der Waals surface area contributed by atoms with E-state index in [1.165, 1.54) is 13.8 Å². The minimum Gasteiger partial charge on any atom is -0.419 e. The molecule has 5 nitrogen and oxygen atoms in total. The van der Waals surface area contributed by atoms with Crippen molar-refractivity contribution in [1.29, 1.82) is 0 Å². The molecule has 0 bridgehead atoms. The van der Waals surface area contributed by atoms with E-state index in [4.69, 9.17) is 9.47 Å². The molecule has 0 amide bonds. The number of nitrogens with one attached hydrogen (secondary N) is 1. The standard InChI is InChI=1S/C13H10F3NO4/c1-13(2)20-11(18)7(12(19)21-13)5-17-9-4-6(14)3-8(15)10(9)16/h3-5,17H,1-2H3. The second-order valence-electron chi connectivity index (χ2n) is 4.63. The molecule has 8 heteroatoms. The summed E-state index contributed by atoms with van der Waals surface area (Å²) in [4.78, 5) is 23.2. The van der Waals surface area contributed by atoms with E-state index >= 15 is 0 Å². The van der Waals surface area contributed by atoms with Crippen LogP contribution in [0.25, 0.3) is 0 Å². The van der Waals surface area contributed by atoms with Crippen LogP contribution in [0.5, 0.6) is 0 Å². The van der Waals surface area contributed by atoms with Crippen LogP contribution in [0, 0.1) is 17.5 Å². The Morgan fingerprint density at radius 3 is 2.24 bits per heavy atom.